The second kappa shape index (κ2) is 6.19. The largest absolute Gasteiger partial charge is 0.369 e. The molecule has 1 aromatic carbocycles. The maximum Gasteiger partial charge on any atom is 0.0412 e. The summed E-state index contributed by atoms with van der Waals surface area (Å²) in [4.78, 5) is 2.61. The third-order valence-corrected chi connectivity index (χ3v) is 5.08. The summed E-state index contributed by atoms with van der Waals surface area (Å²) >= 11 is 2.05. The fourth-order valence-electron chi connectivity index (χ4n) is 2.96. The Hall–Kier alpha value is -0.670. The Labute approximate surface area is 121 Å². The Morgan fingerprint density at radius 3 is 2.95 bits per heavy atom. The van der Waals surface area contributed by atoms with Crippen LogP contribution in [0.3, 0.4) is 0 Å². The molecule has 1 aliphatic carbocycles. The first-order chi connectivity index (χ1) is 9.38. The summed E-state index contributed by atoms with van der Waals surface area (Å²) in [6, 6.07) is 9.60. The van der Waals surface area contributed by atoms with Crippen LogP contribution in [-0.4, -0.2) is 30.6 Å². The van der Waals surface area contributed by atoms with E-state index >= 15 is 0 Å². The van der Waals surface area contributed by atoms with E-state index in [2.05, 4.69) is 41.4 Å². The van der Waals surface area contributed by atoms with Gasteiger partial charge in [-0.15, -0.1) is 0 Å². The maximum atomic E-state index is 3.77. The monoisotopic (exact) mass is 276 g/mol. The van der Waals surface area contributed by atoms with Crippen molar-refractivity contribution in [3.8, 4) is 0 Å². The van der Waals surface area contributed by atoms with Crippen LogP contribution >= 0.6 is 11.8 Å². The molecule has 2 nitrogen and oxygen atoms in total. The molecule has 1 saturated carbocycles. The number of anilines is 1. The summed E-state index contributed by atoms with van der Waals surface area (Å²) in [5.74, 6) is 3.39. The highest BCUT2D eigenvalue weighted by Crippen LogP contribution is 2.35. The number of rotatable bonds is 5. The molecule has 2 aliphatic rings. The standard InChI is InChI=1S/C16H24N2S/c1-2-19-10-9-18-12-15(13-7-8-13)17-11-14-5-3-4-6-16(14)18/h3-6,13,15,17H,2,7-12H2,1H3. The molecule has 1 aliphatic heterocycles. The topological polar surface area (TPSA) is 15.3 Å². The molecule has 0 bridgehead atoms. The van der Waals surface area contributed by atoms with Crippen LogP contribution in [0.2, 0.25) is 0 Å². The molecule has 0 radical (unpaired) electrons. The predicted molar refractivity (Wildman–Crippen MR) is 85.0 cm³/mol. The second-order valence-corrected chi connectivity index (χ2v) is 6.99. The van der Waals surface area contributed by atoms with Crippen LogP contribution in [0.25, 0.3) is 0 Å². The molecule has 1 N–H and O–H groups in total. The average molecular weight is 276 g/mol. The van der Waals surface area contributed by atoms with Crippen LogP contribution in [0.15, 0.2) is 24.3 Å². The smallest absolute Gasteiger partial charge is 0.0412 e. The average Bonchev–Trinajstić information content (AvgIpc) is 3.26. The molecule has 1 heterocycles. The summed E-state index contributed by atoms with van der Waals surface area (Å²) in [7, 11) is 0. The molecular formula is C16H24N2S. The zero-order chi connectivity index (χ0) is 13.1. The summed E-state index contributed by atoms with van der Waals surface area (Å²) < 4.78 is 0. The zero-order valence-electron chi connectivity index (χ0n) is 11.8. The molecule has 0 amide bonds. The van der Waals surface area contributed by atoms with E-state index in [0.717, 1.165) is 12.5 Å². The highest BCUT2D eigenvalue weighted by atomic mass is 32.2. The molecule has 1 atom stereocenters. The van der Waals surface area contributed by atoms with Crippen molar-refractivity contribution >= 4 is 17.4 Å². The van der Waals surface area contributed by atoms with Gasteiger partial charge in [-0.25, -0.2) is 0 Å². The van der Waals surface area contributed by atoms with E-state index in [4.69, 9.17) is 0 Å². The van der Waals surface area contributed by atoms with Gasteiger partial charge in [-0.2, -0.15) is 11.8 Å². The van der Waals surface area contributed by atoms with Gasteiger partial charge in [0.15, 0.2) is 0 Å². The van der Waals surface area contributed by atoms with E-state index in [1.807, 2.05) is 11.8 Å². The fraction of sp³-hybridized carbons (Fsp3) is 0.625. The van der Waals surface area contributed by atoms with Gasteiger partial charge in [0, 0.05) is 37.1 Å². The number of hydrogen-bond acceptors (Lipinski definition) is 3. The molecule has 1 aromatic rings. The van der Waals surface area contributed by atoms with Crippen molar-refractivity contribution in [2.45, 2.75) is 32.4 Å². The molecule has 0 saturated heterocycles. The van der Waals surface area contributed by atoms with E-state index < -0.39 is 0 Å². The SMILES string of the molecule is CCSCCN1CC(C2CC2)NCc2ccccc21. The second-order valence-electron chi connectivity index (χ2n) is 5.60. The minimum atomic E-state index is 0.694. The van der Waals surface area contributed by atoms with Crippen molar-refractivity contribution < 1.29 is 0 Å². The molecule has 19 heavy (non-hydrogen) atoms. The molecule has 3 heteroatoms. The molecule has 104 valence electrons. The third kappa shape index (κ3) is 3.26. The van der Waals surface area contributed by atoms with Crippen LogP contribution in [-0.2, 0) is 6.54 Å². The number of nitrogens with one attached hydrogen (secondary N) is 1. The molecule has 3 rings (SSSR count). The van der Waals surface area contributed by atoms with Gasteiger partial charge in [-0.1, -0.05) is 25.1 Å². The van der Waals surface area contributed by atoms with E-state index in [0.29, 0.717) is 6.04 Å². The van der Waals surface area contributed by atoms with Gasteiger partial charge in [-0.3, -0.25) is 0 Å². The fourth-order valence-corrected chi connectivity index (χ4v) is 3.59. The van der Waals surface area contributed by atoms with Crippen molar-refractivity contribution in [2.75, 3.05) is 29.5 Å². The lowest BCUT2D eigenvalue weighted by Crippen LogP contribution is -2.40. The minimum absolute atomic E-state index is 0.694. The van der Waals surface area contributed by atoms with E-state index in [1.54, 1.807) is 0 Å². The number of thioether (sulfide) groups is 1. The van der Waals surface area contributed by atoms with Crippen LogP contribution in [0.1, 0.15) is 25.3 Å². The Bertz CT molecular complexity index is 417. The summed E-state index contributed by atoms with van der Waals surface area (Å²) in [6.45, 7) is 5.65. The van der Waals surface area contributed by atoms with Crippen molar-refractivity contribution in [3.63, 3.8) is 0 Å². The lowest BCUT2D eigenvalue weighted by atomic mass is 10.1. The lowest BCUT2D eigenvalue weighted by molar-refractivity contribution is 0.469. The van der Waals surface area contributed by atoms with Crippen molar-refractivity contribution in [1.29, 1.82) is 0 Å². The van der Waals surface area contributed by atoms with Gasteiger partial charge >= 0.3 is 0 Å². The van der Waals surface area contributed by atoms with E-state index in [-0.39, 0.29) is 0 Å². The number of para-hydroxylation sites is 1. The Balaban J connectivity index is 1.75. The number of fused-ring (bicyclic) bond motifs is 1. The highest BCUT2D eigenvalue weighted by molar-refractivity contribution is 7.99. The normalized spacial score (nSPS) is 23.0. The van der Waals surface area contributed by atoms with Gasteiger partial charge < -0.3 is 10.2 Å². The quantitative estimate of drug-likeness (QED) is 0.832. The van der Waals surface area contributed by atoms with Crippen molar-refractivity contribution in [3.05, 3.63) is 29.8 Å². The van der Waals surface area contributed by atoms with Crippen LogP contribution in [0, 0.1) is 5.92 Å². The first-order valence-corrected chi connectivity index (χ1v) is 8.68. The number of benzene rings is 1. The summed E-state index contributed by atoms with van der Waals surface area (Å²) in [5.41, 5.74) is 2.92. The van der Waals surface area contributed by atoms with Gasteiger partial charge in [-0.05, 0) is 36.1 Å². The molecular weight excluding hydrogens is 252 g/mol. The van der Waals surface area contributed by atoms with Crippen molar-refractivity contribution in [1.82, 2.24) is 5.32 Å². The van der Waals surface area contributed by atoms with Crippen LogP contribution in [0.4, 0.5) is 5.69 Å². The van der Waals surface area contributed by atoms with Gasteiger partial charge in [0.05, 0.1) is 0 Å². The predicted octanol–water partition coefficient (Wildman–Crippen LogP) is 3.13. The van der Waals surface area contributed by atoms with Crippen LogP contribution in [0.5, 0.6) is 0 Å². The highest BCUT2D eigenvalue weighted by Gasteiger charge is 2.33. The first-order valence-electron chi connectivity index (χ1n) is 7.52. The molecule has 0 aromatic heterocycles. The summed E-state index contributed by atoms with van der Waals surface area (Å²) in [5, 5.41) is 3.77. The summed E-state index contributed by atoms with van der Waals surface area (Å²) in [6.07, 6.45) is 2.84. The van der Waals surface area contributed by atoms with Gasteiger partial charge in [0.2, 0.25) is 0 Å². The van der Waals surface area contributed by atoms with E-state index in [9.17, 15) is 0 Å². The molecule has 0 spiro atoms. The zero-order valence-corrected chi connectivity index (χ0v) is 12.6. The van der Waals surface area contributed by atoms with Crippen molar-refractivity contribution in [2.24, 2.45) is 5.92 Å². The third-order valence-electron chi connectivity index (χ3n) is 4.20. The minimum Gasteiger partial charge on any atom is -0.369 e. The van der Waals surface area contributed by atoms with Gasteiger partial charge in [0.1, 0.15) is 0 Å². The molecule has 1 fully saturated rings. The lowest BCUT2D eigenvalue weighted by Gasteiger charge is -2.27. The molecule has 1 unspecified atom stereocenters. The Morgan fingerprint density at radius 1 is 1.32 bits per heavy atom. The first kappa shape index (κ1) is 13.3. The number of hydrogen-bond donors (Lipinski definition) is 1. The van der Waals surface area contributed by atoms with Crippen LogP contribution < -0.4 is 10.2 Å². The maximum absolute atomic E-state index is 3.77. The van der Waals surface area contributed by atoms with Gasteiger partial charge in [0.25, 0.3) is 0 Å². The Kier molecular flexibility index (Phi) is 4.34. The number of nitrogens with zero attached hydrogens (tertiary/aromatic N) is 1. The Morgan fingerprint density at radius 2 is 2.16 bits per heavy atom. The van der Waals surface area contributed by atoms with E-state index in [1.165, 1.54) is 48.7 Å².